The van der Waals surface area contributed by atoms with Gasteiger partial charge in [0.05, 0.1) is 20.3 Å². The lowest BCUT2D eigenvalue weighted by Gasteiger charge is -2.05. The van der Waals surface area contributed by atoms with Gasteiger partial charge in [0.2, 0.25) is 5.88 Å². The van der Waals surface area contributed by atoms with E-state index >= 15 is 0 Å². The Kier molecular flexibility index (Phi) is 4.18. The van der Waals surface area contributed by atoms with Crippen molar-refractivity contribution in [3.63, 3.8) is 0 Å². The molecule has 0 saturated heterocycles. The van der Waals surface area contributed by atoms with Crippen molar-refractivity contribution in [2.75, 3.05) is 13.7 Å². The Morgan fingerprint density at radius 2 is 2.05 bits per heavy atom. The third-order valence-electron chi connectivity index (χ3n) is 2.61. The van der Waals surface area contributed by atoms with E-state index in [-0.39, 0.29) is 5.69 Å². The first-order valence-electron chi connectivity index (χ1n) is 6.07. The molecule has 0 bridgehead atoms. The standard InChI is InChI=1S/C14H16N2O3/c1-3-19-14(17)12-9-13(18-2)16(15-12)10-11-7-5-4-6-8-11/h4-9H,3,10H2,1-2H3. The quantitative estimate of drug-likeness (QED) is 0.773. The third kappa shape index (κ3) is 3.13. The molecule has 1 aromatic carbocycles. The molecule has 0 radical (unpaired) electrons. The van der Waals surface area contributed by atoms with Crippen LogP contribution in [0.3, 0.4) is 0 Å². The largest absolute Gasteiger partial charge is 0.481 e. The van der Waals surface area contributed by atoms with Crippen LogP contribution in [0.5, 0.6) is 5.88 Å². The maximum Gasteiger partial charge on any atom is 0.358 e. The molecular weight excluding hydrogens is 244 g/mol. The number of esters is 1. The van der Waals surface area contributed by atoms with Crippen LogP contribution in [0, 0.1) is 0 Å². The van der Waals surface area contributed by atoms with Crippen molar-refractivity contribution in [1.82, 2.24) is 9.78 Å². The molecular formula is C14H16N2O3. The van der Waals surface area contributed by atoms with Gasteiger partial charge in [0.1, 0.15) is 0 Å². The summed E-state index contributed by atoms with van der Waals surface area (Å²) in [6.07, 6.45) is 0. The van der Waals surface area contributed by atoms with Gasteiger partial charge in [-0.1, -0.05) is 30.3 Å². The van der Waals surface area contributed by atoms with E-state index in [1.807, 2.05) is 30.3 Å². The number of carbonyl (C=O) groups is 1. The Balaban J connectivity index is 2.22. The summed E-state index contributed by atoms with van der Waals surface area (Å²) in [7, 11) is 1.55. The van der Waals surface area contributed by atoms with Gasteiger partial charge in [-0.05, 0) is 12.5 Å². The van der Waals surface area contributed by atoms with Crippen molar-refractivity contribution in [3.8, 4) is 5.88 Å². The summed E-state index contributed by atoms with van der Waals surface area (Å²) in [6.45, 7) is 2.63. The molecule has 2 rings (SSSR count). The summed E-state index contributed by atoms with van der Waals surface area (Å²) in [5.74, 6) is 0.0968. The van der Waals surface area contributed by atoms with E-state index < -0.39 is 5.97 Å². The van der Waals surface area contributed by atoms with E-state index in [0.717, 1.165) is 5.56 Å². The minimum atomic E-state index is -0.437. The lowest BCUT2D eigenvalue weighted by molar-refractivity contribution is 0.0518. The Morgan fingerprint density at radius 3 is 2.68 bits per heavy atom. The van der Waals surface area contributed by atoms with Crippen molar-refractivity contribution in [2.45, 2.75) is 13.5 Å². The Hall–Kier alpha value is -2.30. The molecule has 0 aliphatic carbocycles. The minimum absolute atomic E-state index is 0.259. The summed E-state index contributed by atoms with van der Waals surface area (Å²) in [4.78, 5) is 11.6. The van der Waals surface area contributed by atoms with Crippen LogP contribution in [-0.4, -0.2) is 29.5 Å². The lowest BCUT2D eigenvalue weighted by Crippen LogP contribution is -2.08. The average molecular weight is 260 g/mol. The molecule has 1 aromatic heterocycles. The molecule has 0 unspecified atom stereocenters. The summed E-state index contributed by atoms with van der Waals surface area (Å²) in [5.41, 5.74) is 1.34. The number of hydrogen-bond acceptors (Lipinski definition) is 4. The molecule has 0 saturated carbocycles. The monoisotopic (exact) mass is 260 g/mol. The fraction of sp³-hybridized carbons (Fsp3) is 0.286. The Labute approximate surface area is 111 Å². The van der Waals surface area contributed by atoms with Crippen molar-refractivity contribution in [3.05, 3.63) is 47.7 Å². The predicted molar refractivity (Wildman–Crippen MR) is 70.3 cm³/mol. The second kappa shape index (κ2) is 6.04. The van der Waals surface area contributed by atoms with E-state index in [1.165, 1.54) is 0 Å². The summed E-state index contributed by atoms with van der Waals surface area (Å²) < 4.78 is 11.8. The topological polar surface area (TPSA) is 53.4 Å². The van der Waals surface area contributed by atoms with Gasteiger partial charge < -0.3 is 9.47 Å². The average Bonchev–Trinajstić information content (AvgIpc) is 2.83. The first-order valence-corrected chi connectivity index (χ1v) is 6.07. The zero-order valence-corrected chi connectivity index (χ0v) is 11.0. The second-order valence-corrected chi connectivity index (χ2v) is 3.94. The number of benzene rings is 1. The fourth-order valence-electron chi connectivity index (χ4n) is 1.74. The van der Waals surface area contributed by atoms with Crippen LogP contribution in [0.2, 0.25) is 0 Å². The fourth-order valence-corrected chi connectivity index (χ4v) is 1.74. The molecule has 0 N–H and O–H groups in total. The van der Waals surface area contributed by atoms with Crippen LogP contribution in [0.1, 0.15) is 23.0 Å². The zero-order chi connectivity index (χ0) is 13.7. The molecule has 0 aliphatic heterocycles. The second-order valence-electron chi connectivity index (χ2n) is 3.94. The highest BCUT2D eigenvalue weighted by Crippen LogP contribution is 2.16. The molecule has 2 aromatic rings. The van der Waals surface area contributed by atoms with Gasteiger partial charge in [-0.2, -0.15) is 5.10 Å². The van der Waals surface area contributed by atoms with Crippen LogP contribution in [0.25, 0.3) is 0 Å². The third-order valence-corrected chi connectivity index (χ3v) is 2.61. The van der Waals surface area contributed by atoms with Crippen molar-refractivity contribution in [2.24, 2.45) is 0 Å². The maximum absolute atomic E-state index is 11.6. The SMILES string of the molecule is CCOC(=O)c1cc(OC)n(Cc2ccccc2)n1. The number of rotatable bonds is 5. The van der Waals surface area contributed by atoms with Crippen molar-refractivity contribution in [1.29, 1.82) is 0 Å². The van der Waals surface area contributed by atoms with Gasteiger partial charge >= 0.3 is 5.97 Å². The van der Waals surface area contributed by atoms with Crippen LogP contribution < -0.4 is 4.74 Å². The minimum Gasteiger partial charge on any atom is -0.481 e. The summed E-state index contributed by atoms with van der Waals surface area (Å²) >= 11 is 0. The normalized spacial score (nSPS) is 10.2. The number of nitrogens with zero attached hydrogens (tertiary/aromatic N) is 2. The Morgan fingerprint density at radius 1 is 1.32 bits per heavy atom. The molecule has 5 heteroatoms. The lowest BCUT2D eigenvalue weighted by atomic mass is 10.2. The van der Waals surface area contributed by atoms with E-state index in [1.54, 1.807) is 24.8 Å². The molecule has 0 fully saturated rings. The molecule has 0 atom stereocenters. The number of hydrogen-bond donors (Lipinski definition) is 0. The van der Waals surface area contributed by atoms with E-state index in [2.05, 4.69) is 5.10 Å². The van der Waals surface area contributed by atoms with Crippen molar-refractivity contribution >= 4 is 5.97 Å². The molecule has 0 spiro atoms. The van der Waals surface area contributed by atoms with E-state index in [0.29, 0.717) is 19.0 Å². The zero-order valence-electron chi connectivity index (χ0n) is 11.0. The van der Waals surface area contributed by atoms with Crippen LogP contribution in [-0.2, 0) is 11.3 Å². The first kappa shape index (κ1) is 13.1. The molecule has 5 nitrogen and oxygen atoms in total. The van der Waals surface area contributed by atoms with Crippen molar-refractivity contribution < 1.29 is 14.3 Å². The smallest absolute Gasteiger partial charge is 0.358 e. The van der Waals surface area contributed by atoms with Gasteiger partial charge in [-0.15, -0.1) is 0 Å². The number of carbonyl (C=O) groups excluding carboxylic acids is 1. The molecule has 0 aliphatic rings. The van der Waals surface area contributed by atoms with Gasteiger partial charge in [0.25, 0.3) is 0 Å². The first-order chi connectivity index (χ1) is 9.24. The molecule has 100 valence electrons. The van der Waals surface area contributed by atoms with Crippen LogP contribution in [0.4, 0.5) is 0 Å². The van der Waals surface area contributed by atoms with Gasteiger partial charge in [0.15, 0.2) is 5.69 Å². The molecule has 0 amide bonds. The highest BCUT2D eigenvalue weighted by molar-refractivity contribution is 5.87. The number of ether oxygens (including phenoxy) is 2. The Bertz CT molecular complexity index is 549. The van der Waals surface area contributed by atoms with Crippen LogP contribution in [0.15, 0.2) is 36.4 Å². The number of methoxy groups -OCH3 is 1. The van der Waals surface area contributed by atoms with Crippen LogP contribution >= 0.6 is 0 Å². The maximum atomic E-state index is 11.6. The van der Waals surface area contributed by atoms with Gasteiger partial charge in [0, 0.05) is 6.07 Å². The van der Waals surface area contributed by atoms with E-state index in [4.69, 9.17) is 9.47 Å². The van der Waals surface area contributed by atoms with Gasteiger partial charge in [-0.25, -0.2) is 9.48 Å². The summed E-state index contributed by atoms with van der Waals surface area (Å²) in [5, 5.41) is 4.21. The van der Waals surface area contributed by atoms with E-state index in [9.17, 15) is 4.79 Å². The molecule has 19 heavy (non-hydrogen) atoms. The van der Waals surface area contributed by atoms with Gasteiger partial charge in [-0.3, -0.25) is 0 Å². The molecule has 1 heterocycles. The predicted octanol–water partition coefficient (Wildman–Crippen LogP) is 2.12. The summed E-state index contributed by atoms with van der Waals surface area (Å²) in [6, 6.07) is 11.4. The highest BCUT2D eigenvalue weighted by Gasteiger charge is 2.15. The highest BCUT2D eigenvalue weighted by atomic mass is 16.5. The number of aromatic nitrogens is 2.